The average Bonchev–Trinajstić information content (AvgIpc) is 2.78. The molecule has 0 fully saturated rings. The first-order valence-corrected chi connectivity index (χ1v) is 6.43. The maximum absolute atomic E-state index is 11.6. The van der Waals surface area contributed by atoms with Crippen LogP contribution in [-0.4, -0.2) is 12.7 Å². The first kappa shape index (κ1) is 11.8. The van der Waals surface area contributed by atoms with E-state index in [1.54, 1.807) is 6.92 Å². The van der Waals surface area contributed by atoms with Crippen molar-refractivity contribution in [1.82, 2.24) is 0 Å². The van der Waals surface area contributed by atoms with Gasteiger partial charge in [0.25, 0.3) is 0 Å². The predicted octanol–water partition coefficient (Wildman–Crippen LogP) is 3.83. The SMILES string of the molecule is CCOC(=O)Nc1cccc2c1-c1ccccc1C2. The number of nitrogens with one attached hydrogen (secondary N) is 1. The molecular weight excluding hydrogens is 238 g/mol. The number of hydrogen-bond donors (Lipinski definition) is 1. The summed E-state index contributed by atoms with van der Waals surface area (Å²) in [6, 6.07) is 14.3. The Hall–Kier alpha value is -2.29. The molecule has 3 nitrogen and oxygen atoms in total. The minimum absolute atomic E-state index is 0.372. The Balaban J connectivity index is 2.02. The van der Waals surface area contributed by atoms with E-state index in [2.05, 4.69) is 23.5 Å². The molecule has 1 aliphatic carbocycles. The van der Waals surface area contributed by atoms with Crippen LogP contribution in [0, 0.1) is 0 Å². The van der Waals surface area contributed by atoms with E-state index < -0.39 is 6.09 Å². The smallest absolute Gasteiger partial charge is 0.411 e. The summed E-state index contributed by atoms with van der Waals surface area (Å²) in [5.41, 5.74) is 5.68. The fourth-order valence-corrected chi connectivity index (χ4v) is 2.57. The molecule has 0 saturated heterocycles. The number of benzene rings is 2. The fraction of sp³-hybridized carbons (Fsp3) is 0.188. The monoisotopic (exact) mass is 253 g/mol. The summed E-state index contributed by atoms with van der Waals surface area (Å²) in [7, 11) is 0. The summed E-state index contributed by atoms with van der Waals surface area (Å²) >= 11 is 0. The molecule has 0 aliphatic heterocycles. The van der Waals surface area contributed by atoms with Gasteiger partial charge in [-0.15, -0.1) is 0 Å². The minimum atomic E-state index is -0.403. The summed E-state index contributed by atoms with van der Waals surface area (Å²) < 4.78 is 4.94. The summed E-state index contributed by atoms with van der Waals surface area (Å²) in [4.78, 5) is 11.6. The van der Waals surface area contributed by atoms with Gasteiger partial charge in [-0.05, 0) is 36.1 Å². The number of fused-ring (bicyclic) bond motifs is 3. The van der Waals surface area contributed by atoms with Gasteiger partial charge in [0.15, 0.2) is 0 Å². The molecule has 1 aliphatic rings. The molecule has 1 N–H and O–H groups in total. The second kappa shape index (κ2) is 4.76. The molecule has 3 rings (SSSR count). The Bertz CT molecular complexity index is 634. The minimum Gasteiger partial charge on any atom is -0.450 e. The molecule has 3 heteroatoms. The van der Waals surface area contributed by atoms with Gasteiger partial charge in [-0.25, -0.2) is 4.79 Å². The number of hydrogen-bond acceptors (Lipinski definition) is 2. The molecule has 96 valence electrons. The zero-order valence-electron chi connectivity index (χ0n) is 10.8. The van der Waals surface area contributed by atoms with Gasteiger partial charge in [0, 0.05) is 5.56 Å². The third-order valence-corrected chi connectivity index (χ3v) is 3.33. The highest BCUT2D eigenvalue weighted by Crippen LogP contribution is 2.41. The van der Waals surface area contributed by atoms with Gasteiger partial charge in [0.05, 0.1) is 12.3 Å². The molecule has 0 bridgehead atoms. The van der Waals surface area contributed by atoms with Gasteiger partial charge in [0.1, 0.15) is 0 Å². The van der Waals surface area contributed by atoms with Gasteiger partial charge in [-0.1, -0.05) is 36.4 Å². The molecule has 0 atom stereocenters. The van der Waals surface area contributed by atoms with Crippen LogP contribution in [0.4, 0.5) is 10.5 Å². The van der Waals surface area contributed by atoms with Crippen molar-refractivity contribution in [3.63, 3.8) is 0 Å². The Morgan fingerprint density at radius 3 is 2.79 bits per heavy atom. The van der Waals surface area contributed by atoms with Crippen LogP contribution < -0.4 is 5.32 Å². The summed E-state index contributed by atoms with van der Waals surface area (Å²) in [6.45, 7) is 2.17. The van der Waals surface area contributed by atoms with Crippen molar-refractivity contribution in [2.24, 2.45) is 0 Å². The van der Waals surface area contributed by atoms with Crippen molar-refractivity contribution in [2.75, 3.05) is 11.9 Å². The topological polar surface area (TPSA) is 38.3 Å². The van der Waals surface area contributed by atoms with Crippen molar-refractivity contribution in [3.8, 4) is 11.1 Å². The second-order valence-corrected chi connectivity index (χ2v) is 4.52. The van der Waals surface area contributed by atoms with Gasteiger partial charge in [-0.3, -0.25) is 5.32 Å². The van der Waals surface area contributed by atoms with Crippen molar-refractivity contribution in [1.29, 1.82) is 0 Å². The van der Waals surface area contributed by atoms with E-state index in [1.807, 2.05) is 24.3 Å². The first-order chi connectivity index (χ1) is 9.29. The van der Waals surface area contributed by atoms with Crippen LogP contribution in [0.1, 0.15) is 18.1 Å². The lowest BCUT2D eigenvalue weighted by molar-refractivity contribution is 0.168. The number of carbonyl (C=O) groups is 1. The first-order valence-electron chi connectivity index (χ1n) is 6.43. The largest absolute Gasteiger partial charge is 0.450 e. The summed E-state index contributed by atoms with van der Waals surface area (Å²) in [6.07, 6.45) is 0.518. The van der Waals surface area contributed by atoms with Crippen LogP contribution in [-0.2, 0) is 11.2 Å². The third-order valence-electron chi connectivity index (χ3n) is 3.33. The maximum Gasteiger partial charge on any atom is 0.411 e. The van der Waals surface area contributed by atoms with Gasteiger partial charge in [0.2, 0.25) is 0 Å². The predicted molar refractivity (Wildman–Crippen MR) is 75.3 cm³/mol. The average molecular weight is 253 g/mol. The molecule has 0 unspecified atom stereocenters. The zero-order valence-corrected chi connectivity index (χ0v) is 10.8. The number of amides is 1. The third kappa shape index (κ3) is 2.08. The Kier molecular flexibility index (Phi) is 2.95. The zero-order chi connectivity index (χ0) is 13.2. The number of ether oxygens (including phenoxy) is 1. The quantitative estimate of drug-likeness (QED) is 0.753. The molecule has 0 spiro atoms. The Morgan fingerprint density at radius 2 is 1.95 bits per heavy atom. The van der Waals surface area contributed by atoms with Gasteiger partial charge in [-0.2, -0.15) is 0 Å². The standard InChI is InChI=1S/C16H15NO2/c1-2-19-16(18)17-14-9-5-7-12-10-11-6-3-4-8-13(11)15(12)14/h3-9H,2,10H2,1H3,(H,17,18). The lowest BCUT2D eigenvalue weighted by atomic mass is 10.0. The Morgan fingerprint density at radius 1 is 1.16 bits per heavy atom. The fourth-order valence-electron chi connectivity index (χ4n) is 2.57. The molecule has 0 aromatic heterocycles. The van der Waals surface area contributed by atoms with Crippen LogP contribution in [0.15, 0.2) is 42.5 Å². The van der Waals surface area contributed by atoms with Crippen LogP contribution in [0.3, 0.4) is 0 Å². The van der Waals surface area contributed by atoms with E-state index in [-0.39, 0.29) is 0 Å². The van der Waals surface area contributed by atoms with E-state index >= 15 is 0 Å². The van der Waals surface area contributed by atoms with E-state index in [4.69, 9.17) is 4.74 Å². The Labute approximate surface area is 112 Å². The van der Waals surface area contributed by atoms with E-state index in [0.29, 0.717) is 6.61 Å². The molecule has 0 heterocycles. The molecule has 19 heavy (non-hydrogen) atoms. The summed E-state index contributed by atoms with van der Waals surface area (Å²) in [5, 5.41) is 2.82. The lowest BCUT2D eigenvalue weighted by Crippen LogP contribution is -2.13. The normalized spacial score (nSPS) is 11.6. The second-order valence-electron chi connectivity index (χ2n) is 4.52. The van der Waals surface area contributed by atoms with Crippen molar-refractivity contribution < 1.29 is 9.53 Å². The molecular formula is C16H15NO2. The molecule has 2 aromatic carbocycles. The highest BCUT2D eigenvalue weighted by Gasteiger charge is 2.21. The van der Waals surface area contributed by atoms with Crippen molar-refractivity contribution in [3.05, 3.63) is 53.6 Å². The number of anilines is 1. The van der Waals surface area contributed by atoms with Crippen LogP contribution in [0.2, 0.25) is 0 Å². The van der Waals surface area contributed by atoms with Gasteiger partial charge >= 0.3 is 6.09 Å². The van der Waals surface area contributed by atoms with Crippen molar-refractivity contribution >= 4 is 11.8 Å². The van der Waals surface area contributed by atoms with E-state index in [1.165, 1.54) is 16.7 Å². The highest BCUT2D eigenvalue weighted by atomic mass is 16.5. The lowest BCUT2D eigenvalue weighted by Gasteiger charge is -2.10. The molecule has 0 radical (unpaired) electrons. The van der Waals surface area contributed by atoms with Gasteiger partial charge < -0.3 is 4.74 Å². The molecule has 2 aromatic rings. The van der Waals surface area contributed by atoms with E-state index in [0.717, 1.165) is 17.7 Å². The van der Waals surface area contributed by atoms with Crippen LogP contribution >= 0.6 is 0 Å². The van der Waals surface area contributed by atoms with Crippen LogP contribution in [0.5, 0.6) is 0 Å². The highest BCUT2D eigenvalue weighted by molar-refractivity contribution is 5.95. The molecule has 0 saturated carbocycles. The van der Waals surface area contributed by atoms with E-state index in [9.17, 15) is 4.79 Å². The summed E-state index contributed by atoms with van der Waals surface area (Å²) in [5.74, 6) is 0. The van der Waals surface area contributed by atoms with Crippen molar-refractivity contribution in [2.45, 2.75) is 13.3 Å². The molecule has 1 amide bonds. The maximum atomic E-state index is 11.6. The van der Waals surface area contributed by atoms with Crippen LogP contribution in [0.25, 0.3) is 11.1 Å². The number of carbonyl (C=O) groups excluding carboxylic acids is 1. The number of rotatable bonds is 2.